The number of carboxylic acid groups (broad SMARTS) is 1. The quantitative estimate of drug-likeness (QED) is 0.684. The zero-order valence-electron chi connectivity index (χ0n) is 9.30. The van der Waals surface area contributed by atoms with Crippen LogP contribution < -0.4 is 0 Å². The maximum atomic E-state index is 10.9. The Morgan fingerprint density at radius 1 is 1.25 bits per heavy atom. The first-order valence-corrected chi connectivity index (χ1v) is 6.87. The average Bonchev–Trinajstić information content (AvgIpc) is 2.96. The molecule has 2 aliphatic carbocycles. The minimum absolute atomic E-state index is 0.200. The van der Waals surface area contributed by atoms with Crippen molar-refractivity contribution in [3.05, 3.63) is 0 Å². The second-order valence-corrected chi connectivity index (χ2v) is 6.16. The molecule has 0 saturated heterocycles. The lowest BCUT2D eigenvalue weighted by Gasteiger charge is -2.38. The third-order valence-corrected chi connectivity index (χ3v) is 5.61. The molecule has 2 fully saturated rings. The molecule has 0 aromatic heterocycles. The van der Waals surface area contributed by atoms with Crippen LogP contribution in [0.4, 0.5) is 0 Å². The molecule has 2 atom stereocenters. The van der Waals surface area contributed by atoms with Crippen LogP contribution in [0.3, 0.4) is 0 Å². The molecule has 92 valence electrons. The van der Waals surface area contributed by atoms with Crippen molar-refractivity contribution in [2.75, 3.05) is 6.26 Å². The van der Waals surface area contributed by atoms with Crippen molar-refractivity contribution in [2.45, 2.75) is 42.6 Å². The number of hydrogen-bond donors (Lipinski definition) is 3. The Balaban J connectivity index is 2.06. The molecule has 2 aliphatic rings. The Morgan fingerprint density at radius 3 is 2.06 bits per heavy atom. The van der Waals surface area contributed by atoms with Crippen LogP contribution in [0.1, 0.15) is 25.7 Å². The van der Waals surface area contributed by atoms with Gasteiger partial charge in [0.2, 0.25) is 0 Å². The van der Waals surface area contributed by atoms with Gasteiger partial charge in [0.15, 0.2) is 0 Å². The minimum Gasteiger partial charge on any atom is -0.481 e. The van der Waals surface area contributed by atoms with Crippen LogP contribution in [0.25, 0.3) is 0 Å². The lowest BCUT2D eigenvalue weighted by molar-refractivity contribution is -0.156. The van der Waals surface area contributed by atoms with E-state index in [1.807, 2.05) is 0 Å². The highest BCUT2D eigenvalue weighted by atomic mass is 32.2. The molecule has 5 heteroatoms. The molecular weight excluding hydrogens is 228 g/mol. The highest BCUT2D eigenvalue weighted by molar-refractivity contribution is 8.00. The van der Waals surface area contributed by atoms with Crippen molar-refractivity contribution < 1.29 is 20.1 Å². The zero-order chi connectivity index (χ0) is 11.9. The van der Waals surface area contributed by atoms with Gasteiger partial charge >= 0.3 is 5.97 Å². The van der Waals surface area contributed by atoms with Gasteiger partial charge in [-0.15, -0.1) is 0 Å². The van der Waals surface area contributed by atoms with E-state index in [-0.39, 0.29) is 10.7 Å². The highest BCUT2D eigenvalue weighted by Crippen LogP contribution is 2.57. The van der Waals surface area contributed by atoms with Gasteiger partial charge in [0.1, 0.15) is 5.92 Å². The molecule has 0 amide bonds. The van der Waals surface area contributed by atoms with E-state index in [1.54, 1.807) is 11.8 Å². The minimum atomic E-state index is -1.09. The standard InChI is InChI=1S/C11H18O4S/c1-16-11(2-3-11)6-4-7(12)9(10(14)15)8(13)5-6/h6-9,12-13H,2-5H2,1H3,(H,14,15). The first-order valence-electron chi connectivity index (χ1n) is 5.64. The number of hydrogen-bond acceptors (Lipinski definition) is 4. The summed E-state index contributed by atoms with van der Waals surface area (Å²) < 4.78 is 0.200. The predicted molar refractivity (Wildman–Crippen MR) is 61.3 cm³/mol. The first-order chi connectivity index (χ1) is 7.50. The number of carbonyl (C=O) groups is 1. The summed E-state index contributed by atoms with van der Waals surface area (Å²) in [7, 11) is 0. The summed E-state index contributed by atoms with van der Waals surface area (Å²) in [6.45, 7) is 0. The van der Waals surface area contributed by atoms with Crippen LogP contribution in [0, 0.1) is 11.8 Å². The molecule has 2 saturated carbocycles. The number of aliphatic hydroxyl groups excluding tert-OH is 2. The maximum absolute atomic E-state index is 10.9. The molecule has 4 nitrogen and oxygen atoms in total. The Bertz CT molecular complexity index is 278. The van der Waals surface area contributed by atoms with Gasteiger partial charge in [-0.2, -0.15) is 11.8 Å². The summed E-state index contributed by atoms with van der Waals surface area (Å²) in [5, 5.41) is 28.5. The third kappa shape index (κ3) is 1.96. The smallest absolute Gasteiger partial charge is 0.311 e. The molecule has 0 aromatic rings. The third-order valence-electron chi connectivity index (χ3n) is 4.06. The Hall–Kier alpha value is -0.260. The fraction of sp³-hybridized carbons (Fsp3) is 0.909. The molecule has 2 unspecified atom stereocenters. The molecule has 2 rings (SSSR count). The number of aliphatic carboxylic acids is 1. The Kier molecular flexibility index (Phi) is 3.20. The lowest BCUT2D eigenvalue weighted by atomic mass is 9.75. The first kappa shape index (κ1) is 12.2. The normalized spacial score (nSPS) is 41.7. The largest absolute Gasteiger partial charge is 0.481 e. The molecule has 0 bridgehead atoms. The zero-order valence-corrected chi connectivity index (χ0v) is 10.1. The van der Waals surface area contributed by atoms with Gasteiger partial charge in [0.05, 0.1) is 12.2 Å². The van der Waals surface area contributed by atoms with Gasteiger partial charge in [0.25, 0.3) is 0 Å². The summed E-state index contributed by atoms with van der Waals surface area (Å²) in [6.07, 6.45) is 3.50. The molecule has 0 radical (unpaired) electrons. The molecule has 0 aliphatic heterocycles. The van der Waals surface area contributed by atoms with Gasteiger partial charge in [-0.05, 0) is 37.9 Å². The Labute approximate surface area is 99.0 Å². The fourth-order valence-electron chi connectivity index (χ4n) is 2.89. The van der Waals surface area contributed by atoms with Gasteiger partial charge in [-0.3, -0.25) is 4.79 Å². The molecule has 0 aromatic carbocycles. The number of thioether (sulfide) groups is 1. The number of carboxylic acids is 1. The van der Waals surface area contributed by atoms with Crippen molar-refractivity contribution in [3.8, 4) is 0 Å². The van der Waals surface area contributed by atoms with Crippen molar-refractivity contribution in [2.24, 2.45) is 11.8 Å². The summed E-state index contributed by atoms with van der Waals surface area (Å²) in [6, 6.07) is 0. The van der Waals surface area contributed by atoms with Crippen molar-refractivity contribution >= 4 is 17.7 Å². The lowest BCUT2D eigenvalue weighted by Crippen LogP contribution is -2.46. The number of rotatable bonds is 3. The summed E-state index contributed by atoms with van der Waals surface area (Å²) in [4.78, 5) is 10.9. The van der Waals surface area contributed by atoms with Crippen LogP contribution in [0.2, 0.25) is 0 Å². The van der Waals surface area contributed by atoms with E-state index in [9.17, 15) is 15.0 Å². The van der Waals surface area contributed by atoms with Gasteiger partial charge in [0, 0.05) is 4.75 Å². The van der Waals surface area contributed by atoms with Crippen molar-refractivity contribution in [3.63, 3.8) is 0 Å². The molecule has 0 heterocycles. The maximum Gasteiger partial charge on any atom is 0.311 e. The van der Waals surface area contributed by atoms with Crippen molar-refractivity contribution in [1.82, 2.24) is 0 Å². The monoisotopic (exact) mass is 246 g/mol. The van der Waals surface area contributed by atoms with Gasteiger partial charge in [-0.1, -0.05) is 0 Å². The number of aliphatic hydroxyl groups is 2. The van der Waals surface area contributed by atoms with Crippen molar-refractivity contribution in [1.29, 1.82) is 0 Å². The van der Waals surface area contributed by atoms with Gasteiger partial charge in [-0.25, -0.2) is 0 Å². The second-order valence-electron chi connectivity index (χ2n) is 4.94. The second kappa shape index (κ2) is 4.20. The average molecular weight is 246 g/mol. The van der Waals surface area contributed by atoms with Crippen LogP contribution in [-0.4, -0.2) is 44.5 Å². The summed E-state index contributed by atoms with van der Waals surface area (Å²) in [5.41, 5.74) is 0. The van der Waals surface area contributed by atoms with E-state index in [0.717, 1.165) is 12.8 Å². The Morgan fingerprint density at radius 2 is 1.75 bits per heavy atom. The summed E-state index contributed by atoms with van der Waals surface area (Å²) in [5.74, 6) is -1.84. The van der Waals surface area contributed by atoms with E-state index in [2.05, 4.69) is 6.26 Å². The highest BCUT2D eigenvalue weighted by Gasteiger charge is 2.53. The van der Waals surface area contributed by atoms with Crippen LogP contribution in [-0.2, 0) is 4.79 Å². The summed E-state index contributed by atoms with van der Waals surface area (Å²) >= 11 is 1.79. The predicted octanol–water partition coefficient (Wildman–Crippen LogP) is 0.715. The SMILES string of the molecule is CSC1(C2CC(O)C(C(=O)O)C(O)C2)CC1. The van der Waals surface area contributed by atoms with E-state index in [4.69, 9.17) is 5.11 Å². The van der Waals surface area contributed by atoms with Gasteiger partial charge < -0.3 is 15.3 Å². The van der Waals surface area contributed by atoms with Crippen LogP contribution >= 0.6 is 11.8 Å². The molecular formula is C11H18O4S. The van der Waals surface area contributed by atoms with Crippen LogP contribution in [0.15, 0.2) is 0 Å². The van der Waals surface area contributed by atoms with E-state index < -0.39 is 24.1 Å². The van der Waals surface area contributed by atoms with E-state index in [0.29, 0.717) is 12.8 Å². The molecule has 3 N–H and O–H groups in total. The molecule has 16 heavy (non-hydrogen) atoms. The van der Waals surface area contributed by atoms with E-state index in [1.165, 1.54) is 0 Å². The topological polar surface area (TPSA) is 77.8 Å². The van der Waals surface area contributed by atoms with Crippen LogP contribution in [0.5, 0.6) is 0 Å². The fourth-order valence-corrected chi connectivity index (χ4v) is 3.93. The molecule has 0 spiro atoms. The van der Waals surface area contributed by atoms with E-state index >= 15 is 0 Å².